The number of hydrogen-bond donors (Lipinski definition) is 1. The van der Waals surface area contributed by atoms with Gasteiger partial charge in [0.1, 0.15) is 0 Å². The van der Waals surface area contributed by atoms with E-state index in [4.69, 9.17) is 11.6 Å². The molecule has 2 aliphatic rings. The predicted octanol–water partition coefficient (Wildman–Crippen LogP) is 2.74. The summed E-state index contributed by atoms with van der Waals surface area (Å²) in [7, 11) is 0. The van der Waals surface area contributed by atoms with Crippen molar-refractivity contribution in [3.63, 3.8) is 0 Å². The van der Waals surface area contributed by atoms with Gasteiger partial charge < -0.3 is 4.90 Å². The van der Waals surface area contributed by atoms with Crippen LogP contribution >= 0.6 is 11.6 Å². The summed E-state index contributed by atoms with van der Waals surface area (Å²) in [6, 6.07) is 16.1. The number of carbonyl (C=O) groups excluding carboxylic acids is 1. The third kappa shape index (κ3) is 2.35. The lowest BCUT2D eigenvalue weighted by Gasteiger charge is -2.27. The van der Waals surface area contributed by atoms with Crippen LogP contribution in [0.15, 0.2) is 48.5 Å². The molecule has 4 rings (SSSR count). The summed E-state index contributed by atoms with van der Waals surface area (Å²) >= 11 is 6.02. The first kappa shape index (κ1) is 14.7. The summed E-state index contributed by atoms with van der Waals surface area (Å²) in [6.07, 6.45) is 2.18. The fourth-order valence-electron chi connectivity index (χ4n) is 4.05. The Morgan fingerprint density at radius 2 is 1.87 bits per heavy atom. The first-order valence-corrected chi connectivity index (χ1v) is 8.54. The molecule has 2 heterocycles. The molecule has 0 radical (unpaired) electrons. The zero-order valence-electron chi connectivity index (χ0n) is 13.1. The van der Waals surface area contributed by atoms with Crippen LogP contribution in [0.3, 0.4) is 0 Å². The number of amides is 1. The van der Waals surface area contributed by atoms with E-state index in [2.05, 4.69) is 31.2 Å². The number of aryl methyl sites for hydroxylation is 1. The minimum absolute atomic E-state index is 0.0670. The van der Waals surface area contributed by atoms with Crippen molar-refractivity contribution in [3.05, 3.63) is 64.7 Å². The van der Waals surface area contributed by atoms with Crippen LogP contribution < -0.4 is 9.80 Å². The minimum Gasteiger partial charge on any atom is -0.301 e. The van der Waals surface area contributed by atoms with Gasteiger partial charge in [0, 0.05) is 23.4 Å². The molecule has 3 atom stereocenters. The van der Waals surface area contributed by atoms with Crippen LogP contribution in [0.1, 0.15) is 30.1 Å². The summed E-state index contributed by atoms with van der Waals surface area (Å²) in [5, 5.41) is 0.695. The number of nitrogens with one attached hydrogen (secondary N) is 1. The van der Waals surface area contributed by atoms with Gasteiger partial charge in [-0.15, -0.1) is 0 Å². The van der Waals surface area contributed by atoms with E-state index in [-0.39, 0.29) is 18.1 Å². The monoisotopic (exact) mass is 327 g/mol. The maximum atomic E-state index is 13.0. The molecule has 2 aromatic rings. The average Bonchev–Trinajstić information content (AvgIpc) is 3.12. The number of hydrogen-bond acceptors (Lipinski definition) is 1. The van der Waals surface area contributed by atoms with Crippen LogP contribution in [0.2, 0.25) is 5.02 Å². The topological polar surface area (TPSA) is 24.8 Å². The molecule has 2 aromatic carbocycles. The standard InChI is InChI=1S/C19H19ClN2O/c1-13-5-2-3-6-16(13)18-21-12-4-7-17(21)19(23)22(18)15-10-8-14(20)9-11-15/h2-3,5-6,8-11,17-18H,4,7,12H2,1H3/p+1. The van der Waals surface area contributed by atoms with Crippen molar-refractivity contribution in [3.8, 4) is 0 Å². The van der Waals surface area contributed by atoms with Gasteiger partial charge in [0.2, 0.25) is 0 Å². The molecular weight excluding hydrogens is 308 g/mol. The number of rotatable bonds is 2. The van der Waals surface area contributed by atoms with E-state index >= 15 is 0 Å². The number of benzene rings is 2. The second-order valence-corrected chi connectivity index (χ2v) is 6.90. The number of halogens is 1. The first-order chi connectivity index (χ1) is 11.2. The van der Waals surface area contributed by atoms with E-state index in [0.29, 0.717) is 5.02 Å². The van der Waals surface area contributed by atoms with Crippen LogP contribution in [-0.2, 0) is 4.79 Å². The Hall–Kier alpha value is -1.84. The smallest absolute Gasteiger partial charge is 0.290 e. The Bertz CT molecular complexity index is 743. The zero-order valence-corrected chi connectivity index (χ0v) is 13.9. The molecule has 118 valence electrons. The Labute approximate surface area is 141 Å². The lowest BCUT2D eigenvalue weighted by molar-refractivity contribution is -0.924. The van der Waals surface area contributed by atoms with E-state index in [1.165, 1.54) is 16.0 Å². The lowest BCUT2D eigenvalue weighted by Crippen LogP contribution is -3.12. The highest BCUT2D eigenvalue weighted by molar-refractivity contribution is 6.30. The summed E-state index contributed by atoms with van der Waals surface area (Å²) in [4.78, 5) is 16.4. The number of fused-ring (bicyclic) bond motifs is 1. The highest BCUT2D eigenvalue weighted by Gasteiger charge is 2.53. The quantitative estimate of drug-likeness (QED) is 0.901. The molecule has 23 heavy (non-hydrogen) atoms. The summed E-state index contributed by atoms with van der Waals surface area (Å²) in [5.74, 6) is 0.244. The summed E-state index contributed by atoms with van der Waals surface area (Å²) < 4.78 is 0. The fourth-order valence-corrected chi connectivity index (χ4v) is 4.18. The first-order valence-electron chi connectivity index (χ1n) is 8.16. The second kappa shape index (κ2) is 5.66. The van der Waals surface area contributed by atoms with Crippen LogP contribution in [0.5, 0.6) is 0 Å². The van der Waals surface area contributed by atoms with Gasteiger partial charge in [0.25, 0.3) is 5.91 Å². The van der Waals surface area contributed by atoms with Crippen LogP contribution in [0.4, 0.5) is 5.69 Å². The molecule has 1 amide bonds. The summed E-state index contributed by atoms with van der Waals surface area (Å²) in [6.45, 7) is 3.18. The van der Waals surface area contributed by atoms with E-state index in [0.717, 1.165) is 25.1 Å². The van der Waals surface area contributed by atoms with Gasteiger partial charge in [-0.25, -0.2) is 0 Å². The number of anilines is 1. The Morgan fingerprint density at radius 1 is 1.13 bits per heavy atom. The lowest BCUT2D eigenvalue weighted by atomic mass is 10.0. The normalized spacial score (nSPS) is 26.6. The molecule has 0 bridgehead atoms. The van der Waals surface area contributed by atoms with Crippen LogP contribution in [0.25, 0.3) is 0 Å². The summed E-state index contributed by atoms with van der Waals surface area (Å²) in [5.41, 5.74) is 3.43. The molecule has 2 aliphatic heterocycles. The Kier molecular flexibility index (Phi) is 3.63. The van der Waals surface area contributed by atoms with Crippen LogP contribution in [0, 0.1) is 6.92 Å². The SMILES string of the molecule is Cc1ccccc1C1N(c2ccc(Cl)cc2)C(=O)C2CCC[NH+]21. The van der Waals surface area contributed by atoms with Crippen molar-refractivity contribution in [1.29, 1.82) is 0 Å². The molecule has 3 nitrogen and oxygen atoms in total. The number of nitrogens with zero attached hydrogens (tertiary/aromatic N) is 1. The Morgan fingerprint density at radius 3 is 2.61 bits per heavy atom. The molecule has 0 saturated carbocycles. The largest absolute Gasteiger partial charge is 0.301 e. The molecule has 1 N–H and O–H groups in total. The van der Waals surface area contributed by atoms with Gasteiger partial charge in [-0.2, -0.15) is 0 Å². The molecule has 4 heteroatoms. The molecule has 0 spiro atoms. The third-order valence-corrected chi connectivity index (χ3v) is 5.39. The zero-order chi connectivity index (χ0) is 16.0. The van der Waals surface area contributed by atoms with Crippen molar-refractivity contribution >= 4 is 23.2 Å². The van der Waals surface area contributed by atoms with E-state index < -0.39 is 0 Å². The number of quaternary nitrogens is 1. The third-order valence-electron chi connectivity index (χ3n) is 5.14. The molecule has 0 aliphatic carbocycles. The molecule has 3 unspecified atom stereocenters. The van der Waals surface area contributed by atoms with Gasteiger partial charge in [-0.3, -0.25) is 9.69 Å². The van der Waals surface area contributed by atoms with Crippen molar-refractivity contribution in [2.24, 2.45) is 0 Å². The highest BCUT2D eigenvalue weighted by Crippen LogP contribution is 2.32. The minimum atomic E-state index is 0.0670. The maximum Gasteiger partial charge on any atom is 0.290 e. The van der Waals surface area contributed by atoms with Crippen LogP contribution in [-0.4, -0.2) is 18.5 Å². The van der Waals surface area contributed by atoms with Crippen molar-refractivity contribution < 1.29 is 9.69 Å². The van der Waals surface area contributed by atoms with Crippen molar-refractivity contribution in [2.45, 2.75) is 32.0 Å². The Balaban J connectivity index is 1.83. The predicted molar refractivity (Wildman–Crippen MR) is 91.7 cm³/mol. The number of carbonyl (C=O) groups is 1. The molecular formula is C19H20ClN2O+. The maximum absolute atomic E-state index is 13.0. The van der Waals surface area contributed by atoms with Crippen molar-refractivity contribution in [2.75, 3.05) is 11.4 Å². The van der Waals surface area contributed by atoms with Gasteiger partial charge >= 0.3 is 0 Å². The molecule has 0 aromatic heterocycles. The molecule has 2 fully saturated rings. The van der Waals surface area contributed by atoms with Gasteiger partial charge in [0.15, 0.2) is 12.2 Å². The van der Waals surface area contributed by atoms with Gasteiger partial charge in [-0.05, 0) is 36.8 Å². The fraction of sp³-hybridized carbons (Fsp3) is 0.316. The molecule has 2 saturated heterocycles. The average molecular weight is 328 g/mol. The van der Waals surface area contributed by atoms with Crippen molar-refractivity contribution in [1.82, 2.24) is 0 Å². The second-order valence-electron chi connectivity index (χ2n) is 6.46. The van der Waals surface area contributed by atoms with Gasteiger partial charge in [0.05, 0.1) is 12.2 Å². The van der Waals surface area contributed by atoms with E-state index in [9.17, 15) is 4.79 Å². The van der Waals surface area contributed by atoms with Gasteiger partial charge in [-0.1, -0.05) is 35.9 Å². The van der Waals surface area contributed by atoms with E-state index in [1.807, 2.05) is 29.2 Å². The van der Waals surface area contributed by atoms with E-state index in [1.54, 1.807) is 0 Å². The highest BCUT2D eigenvalue weighted by atomic mass is 35.5.